The zero-order valence-corrected chi connectivity index (χ0v) is 16.1. The fraction of sp³-hybridized carbons (Fsp3) is 0.333. The van der Waals surface area contributed by atoms with Gasteiger partial charge in [-0.3, -0.25) is 4.79 Å². The van der Waals surface area contributed by atoms with Gasteiger partial charge >= 0.3 is 0 Å². The minimum Gasteiger partial charge on any atom is -0.355 e. The van der Waals surface area contributed by atoms with E-state index in [4.69, 9.17) is 0 Å². The van der Waals surface area contributed by atoms with Gasteiger partial charge in [0.15, 0.2) is 0 Å². The maximum Gasteiger partial charge on any atom is 0.230 e. The van der Waals surface area contributed by atoms with Gasteiger partial charge in [-0.15, -0.1) is 21.5 Å². The summed E-state index contributed by atoms with van der Waals surface area (Å²) in [7, 11) is 0. The second-order valence-electron chi connectivity index (χ2n) is 5.77. The van der Waals surface area contributed by atoms with E-state index in [1.165, 1.54) is 17.3 Å². The van der Waals surface area contributed by atoms with Gasteiger partial charge < -0.3 is 5.32 Å². The molecule has 5 nitrogen and oxygen atoms in total. The molecule has 0 saturated heterocycles. The highest BCUT2D eigenvalue weighted by atomic mass is 32.2. The van der Waals surface area contributed by atoms with E-state index in [0.29, 0.717) is 17.3 Å². The predicted molar refractivity (Wildman–Crippen MR) is 104 cm³/mol. The van der Waals surface area contributed by atoms with Gasteiger partial charge in [-0.2, -0.15) is 0 Å². The van der Waals surface area contributed by atoms with Gasteiger partial charge in [-0.25, -0.2) is 4.98 Å². The summed E-state index contributed by atoms with van der Waals surface area (Å²) >= 11 is 3.00. The molecule has 1 N–H and O–H groups in total. The summed E-state index contributed by atoms with van der Waals surface area (Å²) in [6.07, 6.45) is 0.928. The summed E-state index contributed by atoms with van der Waals surface area (Å²) in [5.41, 5.74) is 3.92. The molecule has 130 valence electrons. The molecule has 2 heterocycles. The largest absolute Gasteiger partial charge is 0.355 e. The van der Waals surface area contributed by atoms with Crippen LogP contribution in [0.5, 0.6) is 0 Å². The van der Waals surface area contributed by atoms with E-state index >= 15 is 0 Å². The lowest BCUT2D eigenvalue weighted by atomic mass is 10.1. The fourth-order valence-electron chi connectivity index (χ4n) is 2.37. The van der Waals surface area contributed by atoms with Crippen molar-refractivity contribution in [3.63, 3.8) is 0 Å². The summed E-state index contributed by atoms with van der Waals surface area (Å²) < 4.78 is 1.02. The zero-order chi connectivity index (χ0) is 17.8. The third-order valence-electron chi connectivity index (χ3n) is 3.63. The van der Waals surface area contributed by atoms with Gasteiger partial charge in [-0.05, 0) is 20.3 Å². The van der Waals surface area contributed by atoms with Crippen molar-refractivity contribution < 1.29 is 4.79 Å². The molecule has 2 aromatic heterocycles. The first-order chi connectivity index (χ1) is 12.1. The lowest BCUT2D eigenvalue weighted by Crippen LogP contribution is -2.25. The van der Waals surface area contributed by atoms with E-state index in [1.54, 1.807) is 11.3 Å². The lowest BCUT2D eigenvalue weighted by Gasteiger charge is -2.06. The van der Waals surface area contributed by atoms with Crippen LogP contribution in [0.2, 0.25) is 0 Å². The van der Waals surface area contributed by atoms with Crippen molar-refractivity contribution in [1.82, 2.24) is 20.5 Å². The molecule has 0 bridgehead atoms. The molecule has 3 rings (SSSR count). The Bertz CT molecular complexity index is 890. The second-order valence-corrected chi connectivity index (χ2v) is 7.94. The van der Waals surface area contributed by atoms with E-state index in [9.17, 15) is 4.79 Å². The number of hydrogen-bond acceptors (Lipinski definition) is 6. The van der Waals surface area contributed by atoms with Crippen molar-refractivity contribution in [2.45, 2.75) is 32.2 Å². The fourth-order valence-corrected chi connectivity index (χ4v) is 4.11. The quantitative estimate of drug-likeness (QED) is 0.663. The summed E-state index contributed by atoms with van der Waals surface area (Å²) in [4.78, 5) is 16.5. The first-order valence-corrected chi connectivity index (χ1v) is 9.99. The standard InChI is InChI=1S/C18H20N4OS2/c1-4-9-19-14(23)10-24-18-16-17(25-12(3)20-16)15(21-22-18)13-7-5-11(2)6-8-13/h5-8H,4,9-10H2,1-3H3,(H,19,23). The number of nitrogens with zero attached hydrogens (tertiary/aromatic N) is 3. The van der Waals surface area contributed by atoms with Crippen LogP contribution in [-0.2, 0) is 4.79 Å². The number of carbonyl (C=O) groups excluding carboxylic acids is 1. The highest BCUT2D eigenvalue weighted by molar-refractivity contribution is 8.00. The SMILES string of the molecule is CCCNC(=O)CSc1nnc(-c2ccc(C)cc2)c2sc(C)nc12. The maximum absolute atomic E-state index is 11.8. The number of aromatic nitrogens is 3. The number of benzene rings is 1. The average Bonchev–Trinajstić information content (AvgIpc) is 3.00. The normalized spacial score (nSPS) is 11.0. The molecule has 7 heteroatoms. The van der Waals surface area contributed by atoms with Crippen molar-refractivity contribution in [2.24, 2.45) is 0 Å². The van der Waals surface area contributed by atoms with Gasteiger partial charge in [0, 0.05) is 12.1 Å². The number of hydrogen-bond donors (Lipinski definition) is 1. The number of thiazole rings is 1. The predicted octanol–water partition coefficient (Wildman–Crippen LogP) is 3.99. The Balaban J connectivity index is 1.91. The zero-order valence-electron chi connectivity index (χ0n) is 14.5. The maximum atomic E-state index is 11.8. The Morgan fingerprint density at radius 2 is 1.96 bits per heavy atom. The van der Waals surface area contributed by atoms with Crippen molar-refractivity contribution >= 4 is 39.2 Å². The Morgan fingerprint density at radius 1 is 1.20 bits per heavy atom. The van der Waals surface area contributed by atoms with Crippen LogP contribution in [0.4, 0.5) is 0 Å². The highest BCUT2D eigenvalue weighted by Gasteiger charge is 2.16. The van der Waals surface area contributed by atoms with Crippen LogP contribution in [-0.4, -0.2) is 33.4 Å². The van der Waals surface area contributed by atoms with Crippen LogP contribution in [0, 0.1) is 13.8 Å². The van der Waals surface area contributed by atoms with E-state index in [0.717, 1.165) is 32.9 Å². The topological polar surface area (TPSA) is 67.8 Å². The molecular formula is C18H20N4OS2. The molecular weight excluding hydrogens is 352 g/mol. The molecule has 0 aliphatic heterocycles. The number of aryl methyl sites for hydroxylation is 2. The van der Waals surface area contributed by atoms with Gasteiger partial charge in [0.1, 0.15) is 16.2 Å². The minimum atomic E-state index is 0.0105. The summed E-state index contributed by atoms with van der Waals surface area (Å²) in [6, 6.07) is 8.24. The molecule has 1 amide bonds. The number of carbonyl (C=O) groups is 1. The summed E-state index contributed by atoms with van der Waals surface area (Å²) in [6.45, 7) is 6.77. The van der Waals surface area contributed by atoms with E-state index < -0.39 is 0 Å². The van der Waals surface area contributed by atoms with Gasteiger partial charge in [0.05, 0.1) is 15.5 Å². The lowest BCUT2D eigenvalue weighted by molar-refractivity contribution is -0.118. The van der Waals surface area contributed by atoms with Crippen LogP contribution >= 0.6 is 23.1 Å². The minimum absolute atomic E-state index is 0.0105. The number of thioether (sulfide) groups is 1. The Kier molecular flexibility index (Phi) is 5.65. The van der Waals surface area contributed by atoms with Crippen molar-refractivity contribution in [1.29, 1.82) is 0 Å². The molecule has 0 saturated carbocycles. The van der Waals surface area contributed by atoms with Crippen LogP contribution in [0.1, 0.15) is 23.9 Å². The van der Waals surface area contributed by atoms with Crippen LogP contribution in [0.15, 0.2) is 29.3 Å². The van der Waals surface area contributed by atoms with E-state index in [-0.39, 0.29) is 5.91 Å². The third-order valence-corrected chi connectivity index (χ3v) is 5.56. The monoisotopic (exact) mass is 372 g/mol. The molecule has 0 atom stereocenters. The molecule has 0 fully saturated rings. The molecule has 0 aliphatic carbocycles. The Morgan fingerprint density at radius 3 is 2.68 bits per heavy atom. The van der Waals surface area contributed by atoms with Crippen LogP contribution in [0.25, 0.3) is 21.5 Å². The van der Waals surface area contributed by atoms with Crippen LogP contribution in [0.3, 0.4) is 0 Å². The van der Waals surface area contributed by atoms with Crippen molar-refractivity contribution in [2.75, 3.05) is 12.3 Å². The van der Waals surface area contributed by atoms with Gasteiger partial charge in [0.25, 0.3) is 0 Å². The number of amides is 1. The smallest absolute Gasteiger partial charge is 0.230 e. The average molecular weight is 373 g/mol. The third kappa shape index (κ3) is 4.16. The second kappa shape index (κ2) is 7.93. The molecule has 0 radical (unpaired) electrons. The molecule has 0 spiro atoms. The highest BCUT2D eigenvalue weighted by Crippen LogP contribution is 2.35. The summed E-state index contributed by atoms with van der Waals surface area (Å²) in [5, 5.41) is 13.3. The molecule has 3 aromatic rings. The number of fused-ring (bicyclic) bond motifs is 1. The first kappa shape index (κ1) is 17.8. The van der Waals surface area contributed by atoms with E-state index in [1.807, 2.05) is 13.8 Å². The molecule has 0 aliphatic rings. The van der Waals surface area contributed by atoms with Gasteiger partial charge in [-0.1, -0.05) is 48.5 Å². The van der Waals surface area contributed by atoms with Crippen molar-refractivity contribution in [3.8, 4) is 11.3 Å². The molecule has 1 aromatic carbocycles. The van der Waals surface area contributed by atoms with E-state index in [2.05, 4.69) is 51.7 Å². The first-order valence-electron chi connectivity index (χ1n) is 8.19. The number of rotatable bonds is 6. The summed E-state index contributed by atoms with van der Waals surface area (Å²) in [5.74, 6) is 0.334. The Labute approximate surface area is 155 Å². The Hall–Kier alpha value is -1.99. The molecule has 0 unspecified atom stereocenters. The molecule has 25 heavy (non-hydrogen) atoms. The van der Waals surface area contributed by atoms with Crippen LogP contribution < -0.4 is 5.32 Å². The van der Waals surface area contributed by atoms with Crippen molar-refractivity contribution in [3.05, 3.63) is 34.8 Å². The number of nitrogens with one attached hydrogen (secondary N) is 1. The van der Waals surface area contributed by atoms with Gasteiger partial charge in [0.2, 0.25) is 5.91 Å².